The lowest BCUT2D eigenvalue weighted by molar-refractivity contribution is -0.122. The molecule has 3 atom stereocenters. The summed E-state index contributed by atoms with van der Waals surface area (Å²) in [6.45, 7) is 0. The van der Waals surface area contributed by atoms with Gasteiger partial charge in [-0.2, -0.15) is 0 Å². The highest BCUT2D eigenvalue weighted by molar-refractivity contribution is 6.31. The molecule has 0 aliphatic carbocycles. The molecule has 2 fully saturated rings. The Labute approximate surface area is 111 Å². The van der Waals surface area contributed by atoms with Gasteiger partial charge in [0.15, 0.2) is 0 Å². The highest BCUT2D eigenvalue weighted by Gasteiger charge is 2.42. The minimum atomic E-state index is -0.382. The van der Waals surface area contributed by atoms with Crippen LogP contribution in [-0.2, 0) is 11.2 Å². The van der Waals surface area contributed by atoms with Gasteiger partial charge in [-0.1, -0.05) is 17.7 Å². The lowest BCUT2D eigenvalue weighted by atomic mass is 9.84. The lowest BCUT2D eigenvalue weighted by Crippen LogP contribution is -2.30. The molecule has 0 saturated carbocycles. The molecule has 1 N–H and O–H groups in total. The number of halogens is 2. The van der Waals surface area contributed by atoms with Gasteiger partial charge in [0.05, 0.1) is 0 Å². The van der Waals surface area contributed by atoms with Gasteiger partial charge in [-0.15, -0.1) is 0 Å². The number of rotatable bonds is 3. The SMILES string of the molecule is O=C(Cc1c(F)cccc1Cl)C1CC2CCC1N2. The molecule has 2 heterocycles. The van der Waals surface area contributed by atoms with Crippen molar-refractivity contribution in [1.29, 1.82) is 0 Å². The lowest BCUT2D eigenvalue weighted by Gasteiger charge is -2.19. The normalized spacial score (nSPS) is 29.8. The average Bonchev–Trinajstić information content (AvgIpc) is 2.96. The highest BCUT2D eigenvalue weighted by atomic mass is 35.5. The van der Waals surface area contributed by atoms with Crippen LogP contribution in [-0.4, -0.2) is 17.9 Å². The molecule has 2 aliphatic rings. The Balaban J connectivity index is 1.75. The second kappa shape index (κ2) is 4.63. The Morgan fingerprint density at radius 1 is 1.44 bits per heavy atom. The van der Waals surface area contributed by atoms with Crippen LogP contribution in [0.5, 0.6) is 0 Å². The monoisotopic (exact) mass is 267 g/mol. The Morgan fingerprint density at radius 2 is 2.28 bits per heavy atom. The van der Waals surface area contributed by atoms with Crippen LogP contribution in [0.2, 0.25) is 5.02 Å². The number of benzene rings is 1. The van der Waals surface area contributed by atoms with Crippen molar-refractivity contribution in [2.45, 2.75) is 37.8 Å². The fraction of sp³-hybridized carbons (Fsp3) is 0.500. The van der Waals surface area contributed by atoms with Crippen LogP contribution < -0.4 is 5.32 Å². The summed E-state index contributed by atoms with van der Waals surface area (Å²) < 4.78 is 13.6. The van der Waals surface area contributed by atoms with Crippen molar-refractivity contribution in [2.24, 2.45) is 5.92 Å². The molecule has 0 radical (unpaired) electrons. The van der Waals surface area contributed by atoms with Gasteiger partial charge < -0.3 is 5.32 Å². The van der Waals surface area contributed by atoms with Crippen LogP contribution >= 0.6 is 11.6 Å². The molecule has 2 bridgehead atoms. The molecule has 3 unspecified atom stereocenters. The van der Waals surface area contributed by atoms with Gasteiger partial charge in [0, 0.05) is 35.0 Å². The van der Waals surface area contributed by atoms with Crippen molar-refractivity contribution in [3.63, 3.8) is 0 Å². The van der Waals surface area contributed by atoms with E-state index in [2.05, 4.69) is 5.32 Å². The maximum atomic E-state index is 13.6. The third kappa shape index (κ3) is 2.06. The summed E-state index contributed by atoms with van der Waals surface area (Å²) >= 11 is 5.95. The van der Waals surface area contributed by atoms with E-state index < -0.39 is 0 Å². The van der Waals surface area contributed by atoms with Crippen LogP contribution in [0.4, 0.5) is 4.39 Å². The van der Waals surface area contributed by atoms with Gasteiger partial charge in [-0.25, -0.2) is 4.39 Å². The largest absolute Gasteiger partial charge is 0.310 e. The molecular weight excluding hydrogens is 253 g/mol. The zero-order valence-corrected chi connectivity index (χ0v) is 10.7. The summed E-state index contributed by atoms with van der Waals surface area (Å²) in [5.41, 5.74) is 0.340. The number of hydrogen-bond acceptors (Lipinski definition) is 2. The summed E-state index contributed by atoms with van der Waals surface area (Å²) in [7, 11) is 0. The molecular formula is C14H15ClFNO. The van der Waals surface area contributed by atoms with Gasteiger partial charge in [0.1, 0.15) is 11.6 Å². The van der Waals surface area contributed by atoms with Crippen LogP contribution in [0.25, 0.3) is 0 Å². The van der Waals surface area contributed by atoms with E-state index in [1.165, 1.54) is 6.07 Å². The zero-order chi connectivity index (χ0) is 12.7. The van der Waals surface area contributed by atoms with Gasteiger partial charge >= 0.3 is 0 Å². The maximum Gasteiger partial charge on any atom is 0.142 e. The van der Waals surface area contributed by atoms with E-state index in [0.29, 0.717) is 22.7 Å². The number of carbonyl (C=O) groups is 1. The predicted octanol–water partition coefficient (Wildman–Crippen LogP) is 2.73. The molecule has 96 valence electrons. The molecule has 0 amide bonds. The number of hydrogen-bond donors (Lipinski definition) is 1. The molecule has 2 aliphatic heterocycles. The van der Waals surface area contributed by atoms with Crippen molar-refractivity contribution in [1.82, 2.24) is 5.32 Å². The highest BCUT2D eigenvalue weighted by Crippen LogP contribution is 2.35. The third-order valence-electron chi connectivity index (χ3n) is 4.13. The summed E-state index contributed by atoms with van der Waals surface area (Å²) in [5, 5.41) is 3.77. The Bertz CT molecular complexity index is 470. The summed E-state index contributed by atoms with van der Waals surface area (Å²) in [4.78, 5) is 12.2. The minimum absolute atomic E-state index is 0.0411. The molecule has 18 heavy (non-hydrogen) atoms. The Morgan fingerprint density at radius 3 is 2.89 bits per heavy atom. The summed E-state index contributed by atoms with van der Waals surface area (Å²) in [6.07, 6.45) is 3.23. The minimum Gasteiger partial charge on any atom is -0.310 e. The van der Waals surface area contributed by atoms with Crippen molar-refractivity contribution in [3.8, 4) is 0 Å². The molecule has 2 saturated heterocycles. The second-order valence-electron chi connectivity index (χ2n) is 5.23. The Kier molecular flexibility index (Phi) is 3.12. The van der Waals surface area contributed by atoms with E-state index >= 15 is 0 Å². The quantitative estimate of drug-likeness (QED) is 0.912. The standard InChI is InChI=1S/C14H15ClFNO/c15-11-2-1-3-12(16)9(11)7-14(18)10-6-8-4-5-13(10)17-8/h1-3,8,10,13,17H,4-7H2. The van der Waals surface area contributed by atoms with Crippen LogP contribution in [0.15, 0.2) is 18.2 Å². The fourth-order valence-electron chi connectivity index (χ4n) is 3.19. The number of fused-ring (bicyclic) bond motifs is 2. The molecule has 3 rings (SSSR count). The van der Waals surface area contributed by atoms with Crippen LogP contribution in [0.3, 0.4) is 0 Å². The smallest absolute Gasteiger partial charge is 0.142 e. The van der Waals surface area contributed by atoms with E-state index in [1.807, 2.05) is 0 Å². The zero-order valence-electron chi connectivity index (χ0n) is 9.96. The molecule has 2 nitrogen and oxygen atoms in total. The topological polar surface area (TPSA) is 29.1 Å². The van der Waals surface area contributed by atoms with Crippen molar-refractivity contribution < 1.29 is 9.18 Å². The first-order chi connectivity index (χ1) is 8.65. The van der Waals surface area contributed by atoms with E-state index in [-0.39, 0.29) is 23.9 Å². The van der Waals surface area contributed by atoms with Crippen molar-refractivity contribution in [2.75, 3.05) is 0 Å². The van der Waals surface area contributed by atoms with E-state index in [4.69, 9.17) is 11.6 Å². The van der Waals surface area contributed by atoms with Crippen LogP contribution in [0.1, 0.15) is 24.8 Å². The maximum absolute atomic E-state index is 13.6. The van der Waals surface area contributed by atoms with Gasteiger partial charge in [-0.3, -0.25) is 4.79 Å². The fourth-order valence-corrected chi connectivity index (χ4v) is 3.42. The number of ketones is 1. The molecule has 4 heteroatoms. The number of nitrogens with one attached hydrogen (secondary N) is 1. The summed E-state index contributed by atoms with van der Waals surface area (Å²) in [5.74, 6) is -0.229. The van der Waals surface area contributed by atoms with Gasteiger partial charge in [0.25, 0.3) is 0 Å². The first-order valence-electron chi connectivity index (χ1n) is 6.37. The molecule has 1 aromatic rings. The third-order valence-corrected chi connectivity index (χ3v) is 4.48. The van der Waals surface area contributed by atoms with Gasteiger partial charge in [-0.05, 0) is 31.4 Å². The predicted molar refractivity (Wildman–Crippen MR) is 68.2 cm³/mol. The first-order valence-corrected chi connectivity index (χ1v) is 6.74. The van der Waals surface area contributed by atoms with Crippen molar-refractivity contribution >= 4 is 17.4 Å². The van der Waals surface area contributed by atoms with Crippen molar-refractivity contribution in [3.05, 3.63) is 34.6 Å². The Hall–Kier alpha value is -0.930. The molecule has 1 aromatic carbocycles. The van der Waals surface area contributed by atoms with E-state index in [9.17, 15) is 9.18 Å². The van der Waals surface area contributed by atoms with Crippen LogP contribution in [0, 0.1) is 11.7 Å². The second-order valence-corrected chi connectivity index (χ2v) is 5.64. The van der Waals surface area contributed by atoms with E-state index in [1.54, 1.807) is 12.1 Å². The number of Topliss-reactive ketones (excluding diaryl/α,β-unsaturated/α-hetero) is 1. The molecule has 0 spiro atoms. The van der Waals surface area contributed by atoms with E-state index in [0.717, 1.165) is 19.3 Å². The van der Waals surface area contributed by atoms with Gasteiger partial charge in [0.2, 0.25) is 0 Å². The average molecular weight is 268 g/mol. The number of carbonyl (C=O) groups excluding carboxylic acids is 1. The summed E-state index contributed by atoms with van der Waals surface area (Å²) in [6, 6.07) is 5.33. The first kappa shape index (κ1) is 12.1. The molecule has 0 aromatic heterocycles.